The van der Waals surface area contributed by atoms with E-state index in [-0.39, 0.29) is 5.54 Å². The highest BCUT2D eigenvalue weighted by molar-refractivity contribution is 7.99. The molecule has 1 unspecified atom stereocenters. The maximum absolute atomic E-state index is 9.16. The maximum Gasteiger partial charge on any atom is 0.106 e. The minimum Gasteiger partial charge on any atom is -0.302 e. The Balaban J connectivity index is 2.30. The van der Waals surface area contributed by atoms with Crippen LogP contribution in [-0.4, -0.2) is 28.1 Å². The minimum absolute atomic E-state index is 0.352. The summed E-state index contributed by atoms with van der Waals surface area (Å²) in [5.74, 6) is 1.02. The Morgan fingerprint density at radius 1 is 1.65 bits per heavy atom. The molecule has 0 aliphatic carbocycles. The van der Waals surface area contributed by atoms with Gasteiger partial charge in [-0.1, -0.05) is 6.92 Å². The fraction of sp³-hybridized carbons (Fsp3) is 0.667. The van der Waals surface area contributed by atoms with Gasteiger partial charge in [0, 0.05) is 18.1 Å². The number of aryl methyl sites for hydroxylation is 1. The van der Waals surface area contributed by atoms with E-state index in [9.17, 15) is 0 Å². The van der Waals surface area contributed by atoms with E-state index >= 15 is 0 Å². The lowest BCUT2D eigenvalue weighted by Gasteiger charge is -2.24. The van der Waals surface area contributed by atoms with E-state index in [2.05, 4.69) is 16.5 Å². The van der Waals surface area contributed by atoms with Crippen LogP contribution >= 0.6 is 11.8 Å². The first-order valence-corrected chi connectivity index (χ1v) is 6.86. The van der Waals surface area contributed by atoms with Crippen LogP contribution in [0.4, 0.5) is 0 Å². The molecule has 0 aromatic carbocycles. The van der Waals surface area contributed by atoms with Crippen LogP contribution < -0.4 is 5.32 Å². The van der Waals surface area contributed by atoms with Crippen molar-refractivity contribution in [3.8, 4) is 6.07 Å². The second-order valence-electron chi connectivity index (χ2n) is 4.10. The van der Waals surface area contributed by atoms with Crippen molar-refractivity contribution in [3.05, 3.63) is 12.4 Å². The van der Waals surface area contributed by atoms with Gasteiger partial charge in [0.25, 0.3) is 0 Å². The van der Waals surface area contributed by atoms with Crippen molar-refractivity contribution < 1.29 is 0 Å². The second kappa shape index (κ2) is 6.67. The molecule has 1 N–H and O–H groups in total. The summed E-state index contributed by atoms with van der Waals surface area (Å²) in [6.07, 6.45) is 6.66. The Morgan fingerprint density at radius 2 is 2.41 bits per heavy atom. The summed E-state index contributed by atoms with van der Waals surface area (Å²) in [6.45, 7) is 2.05. The molecule has 0 aliphatic heterocycles. The molecule has 5 heteroatoms. The summed E-state index contributed by atoms with van der Waals surface area (Å²) in [5.41, 5.74) is -0.352. The largest absolute Gasteiger partial charge is 0.302 e. The molecule has 94 valence electrons. The molecule has 0 bridgehead atoms. The Bertz CT molecular complexity index is 376. The molecule has 0 aliphatic rings. The zero-order chi connectivity index (χ0) is 12.7. The Hall–Kier alpha value is -0.990. The molecule has 1 rings (SSSR count). The molecule has 0 spiro atoms. The van der Waals surface area contributed by atoms with Crippen molar-refractivity contribution in [1.82, 2.24) is 15.1 Å². The summed E-state index contributed by atoms with van der Waals surface area (Å²) in [5, 5.41) is 16.4. The van der Waals surface area contributed by atoms with E-state index in [1.165, 1.54) is 4.90 Å². The number of nitrogens with one attached hydrogen (secondary N) is 1. The molecule has 1 aromatic heterocycles. The number of thioether (sulfide) groups is 1. The third-order valence-electron chi connectivity index (χ3n) is 2.99. The van der Waals surface area contributed by atoms with Crippen molar-refractivity contribution >= 4 is 11.8 Å². The van der Waals surface area contributed by atoms with E-state index in [1.807, 2.05) is 38.1 Å². The van der Waals surface area contributed by atoms with E-state index in [0.717, 1.165) is 25.0 Å². The van der Waals surface area contributed by atoms with Gasteiger partial charge in [-0.3, -0.25) is 4.68 Å². The molecule has 0 radical (unpaired) electrons. The van der Waals surface area contributed by atoms with Gasteiger partial charge in [0.15, 0.2) is 0 Å². The van der Waals surface area contributed by atoms with Gasteiger partial charge in [-0.05, 0) is 32.1 Å². The minimum atomic E-state index is -0.352. The number of rotatable bonds is 7. The molecule has 0 saturated heterocycles. The van der Waals surface area contributed by atoms with E-state index in [0.29, 0.717) is 0 Å². The first kappa shape index (κ1) is 14.1. The summed E-state index contributed by atoms with van der Waals surface area (Å²) >= 11 is 1.79. The predicted octanol–water partition coefficient (Wildman–Crippen LogP) is 2.18. The first-order chi connectivity index (χ1) is 8.15. The highest BCUT2D eigenvalue weighted by Crippen LogP contribution is 2.22. The number of nitrogens with zero attached hydrogens (tertiary/aromatic N) is 3. The van der Waals surface area contributed by atoms with Crippen molar-refractivity contribution in [2.75, 3.05) is 12.8 Å². The van der Waals surface area contributed by atoms with Crippen molar-refractivity contribution in [2.24, 2.45) is 7.05 Å². The molecular formula is C12H20N4S. The third-order valence-corrected chi connectivity index (χ3v) is 4.03. The normalized spacial score (nSPS) is 14.2. The Morgan fingerprint density at radius 3 is 2.88 bits per heavy atom. The van der Waals surface area contributed by atoms with Crippen LogP contribution in [0.5, 0.6) is 0 Å². The number of hydrogen-bond donors (Lipinski definition) is 1. The molecule has 1 aromatic rings. The molecule has 0 fully saturated rings. The van der Waals surface area contributed by atoms with Gasteiger partial charge in [0.05, 0.1) is 12.3 Å². The Labute approximate surface area is 107 Å². The summed E-state index contributed by atoms with van der Waals surface area (Å²) in [6, 6.07) is 2.38. The van der Waals surface area contributed by atoms with Gasteiger partial charge in [0.1, 0.15) is 5.54 Å². The summed E-state index contributed by atoms with van der Waals surface area (Å²) < 4.78 is 1.81. The molecule has 4 nitrogen and oxygen atoms in total. The highest BCUT2D eigenvalue weighted by Gasteiger charge is 2.24. The highest BCUT2D eigenvalue weighted by atomic mass is 32.2. The van der Waals surface area contributed by atoms with Gasteiger partial charge >= 0.3 is 0 Å². The first-order valence-electron chi connectivity index (χ1n) is 5.87. The number of nitriles is 1. The average molecular weight is 252 g/mol. The van der Waals surface area contributed by atoms with E-state index in [1.54, 1.807) is 11.8 Å². The van der Waals surface area contributed by atoms with Crippen molar-refractivity contribution in [2.45, 2.75) is 36.6 Å². The van der Waals surface area contributed by atoms with Crippen LogP contribution in [0.2, 0.25) is 0 Å². The standard InChI is InChI=1S/C12H20N4S/c1-4-12(10-13,14-2)6-5-7-17-11-8-15-16(3)9-11/h8-9,14H,4-7H2,1-3H3. The van der Waals surface area contributed by atoms with Crippen LogP contribution in [0.3, 0.4) is 0 Å². The van der Waals surface area contributed by atoms with Crippen LogP contribution in [0.25, 0.3) is 0 Å². The van der Waals surface area contributed by atoms with E-state index < -0.39 is 0 Å². The lowest BCUT2D eigenvalue weighted by molar-refractivity contribution is 0.400. The molecule has 1 heterocycles. The molecule has 0 saturated carbocycles. The lowest BCUT2D eigenvalue weighted by Crippen LogP contribution is -2.40. The van der Waals surface area contributed by atoms with Gasteiger partial charge in [0.2, 0.25) is 0 Å². The fourth-order valence-corrected chi connectivity index (χ4v) is 2.58. The number of hydrogen-bond acceptors (Lipinski definition) is 4. The van der Waals surface area contributed by atoms with Gasteiger partial charge in [-0.15, -0.1) is 11.8 Å². The summed E-state index contributed by atoms with van der Waals surface area (Å²) in [7, 11) is 3.78. The van der Waals surface area contributed by atoms with Gasteiger partial charge < -0.3 is 5.32 Å². The third kappa shape index (κ3) is 4.06. The van der Waals surface area contributed by atoms with Crippen LogP contribution in [-0.2, 0) is 7.05 Å². The van der Waals surface area contributed by atoms with Crippen LogP contribution in [0.15, 0.2) is 17.3 Å². The van der Waals surface area contributed by atoms with Crippen LogP contribution in [0.1, 0.15) is 26.2 Å². The van der Waals surface area contributed by atoms with E-state index in [4.69, 9.17) is 5.26 Å². The molecule has 0 amide bonds. The van der Waals surface area contributed by atoms with Crippen LogP contribution in [0, 0.1) is 11.3 Å². The van der Waals surface area contributed by atoms with Gasteiger partial charge in [-0.25, -0.2) is 0 Å². The average Bonchev–Trinajstić information content (AvgIpc) is 2.76. The molecule has 17 heavy (non-hydrogen) atoms. The molecule has 1 atom stereocenters. The van der Waals surface area contributed by atoms with Crippen molar-refractivity contribution in [3.63, 3.8) is 0 Å². The zero-order valence-corrected chi connectivity index (χ0v) is 11.5. The quantitative estimate of drug-likeness (QED) is 0.597. The second-order valence-corrected chi connectivity index (χ2v) is 5.27. The predicted molar refractivity (Wildman–Crippen MR) is 70.9 cm³/mol. The maximum atomic E-state index is 9.16. The topological polar surface area (TPSA) is 53.6 Å². The van der Waals surface area contributed by atoms with Crippen molar-refractivity contribution in [1.29, 1.82) is 5.26 Å². The SMILES string of the molecule is CCC(C#N)(CCCSc1cnn(C)c1)NC. The summed E-state index contributed by atoms with van der Waals surface area (Å²) in [4.78, 5) is 1.19. The smallest absolute Gasteiger partial charge is 0.106 e. The zero-order valence-electron chi connectivity index (χ0n) is 10.7. The molecular weight excluding hydrogens is 232 g/mol. The monoisotopic (exact) mass is 252 g/mol. The van der Waals surface area contributed by atoms with Gasteiger partial charge in [-0.2, -0.15) is 10.4 Å². The lowest BCUT2D eigenvalue weighted by atomic mass is 9.93. The fourth-order valence-electron chi connectivity index (χ4n) is 1.71. The number of aromatic nitrogens is 2. The Kier molecular flexibility index (Phi) is 5.52.